The number of ether oxygens (including phenoxy) is 4. The van der Waals surface area contributed by atoms with Crippen LogP contribution in [0.1, 0.15) is 13.8 Å². The van der Waals surface area contributed by atoms with Crippen molar-refractivity contribution < 1.29 is 29.2 Å². The Morgan fingerprint density at radius 2 is 2.06 bits per heavy atom. The minimum absolute atomic E-state index is 0.102. The Hall–Kier alpha value is -0.240. The van der Waals surface area contributed by atoms with E-state index in [9.17, 15) is 10.2 Å². The molecule has 2 aliphatic heterocycles. The predicted octanol–water partition coefficient (Wildman–Crippen LogP) is -0.769. The largest absolute Gasteiger partial charge is 0.388 e. The fourth-order valence-electron chi connectivity index (χ4n) is 2.10. The van der Waals surface area contributed by atoms with Crippen molar-refractivity contribution in [3.63, 3.8) is 0 Å². The van der Waals surface area contributed by atoms with E-state index in [1.54, 1.807) is 13.8 Å². The number of aliphatic hydroxyl groups is 2. The molecule has 2 aliphatic rings. The van der Waals surface area contributed by atoms with Gasteiger partial charge in [-0.15, -0.1) is 0 Å². The summed E-state index contributed by atoms with van der Waals surface area (Å²) in [4.78, 5) is 0. The molecule has 2 fully saturated rings. The van der Waals surface area contributed by atoms with E-state index < -0.39 is 36.5 Å². The molecule has 6 nitrogen and oxygen atoms in total. The van der Waals surface area contributed by atoms with Crippen LogP contribution in [0, 0.1) is 0 Å². The van der Waals surface area contributed by atoms with Crippen LogP contribution >= 0.6 is 0 Å². The molecule has 2 N–H and O–H groups in total. The third kappa shape index (κ3) is 2.09. The van der Waals surface area contributed by atoms with Crippen LogP contribution in [0.25, 0.3) is 0 Å². The zero-order chi connectivity index (χ0) is 11.9. The van der Waals surface area contributed by atoms with Gasteiger partial charge >= 0.3 is 0 Å². The Labute approximate surface area is 94.1 Å². The van der Waals surface area contributed by atoms with Gasteiger partial charge in [0.1, 0.15) is 24.4 Å². The highest BCUT2D eigenvalue weighted by molar-refractivity contribution is 4.95. The lowest BCUT2D eigenvalue weighted by Crippen LogP contribution is -2.42. The van der Waals surface area contributed by atoms with Crippen LogP contribution < -0.4 is 0 Å². The minimum atomic E-state index is -0.906. The van der Waals surface area contributed by atoms with E-state index in [1.165, 1.54) is 7.11 Å². The third-order valence-electron chi connectivity index (χ3n) is 2.77. The van der Waals surface area contributed by atoms with E-state index in [4.69, 9.17) is 18.9 Å². The highest BCUT2D eigenvalue weighted by atomic mass is 16.8. The van der Waals surface area contributed by atoms with Crippen molar-refractivity contribution in [2.24, 2.45) is 0 Å². The molecule has 0 radical (unpaired) electrons. The second kappa shape index (κ2) is 4.21. The summed E-state index contributed by atoms with van der Waals surface area (Å²) in [5.74, 6) is -0.756. The maximum absolute atomic E-state index is 9.94. The lowest BCUT2D eigenvalue weighted by atomic mass is 10.1. The first-order chi connectivity index (χ1) is 7.44. The molecular formula is C10H18O6. The highest BCUT2D eigenvalue weighted by Gasteiger charge is 2.55. The molecule has 0 aliphatic carbocycles. The maximum Gasteiger partial charge on any atom is 0.190 e. The van der Waals surface area contributed by atoms with Crippen molar-refractivity contribution in [3.8, 4) is 0 Å². The standard InChI is InChI=1S/C10H18O6/c1-10(2)15-8-6(12)7(5(11)4-13-3)14-9(8)16-10/h5-9,11-12H,4H2,1-3H3/t5?,6-,7+,8+,9+/m0/s1. The normalized spacial score (nSPS) is 43.3. The summed E-state index contributed by atoms with van der Waals surface area (Å²) in [7, 11) is 1.47. The monoisotopic (exact) mass is 234 g/mol. The molecule has 0 aromatic carbocycles. The molecule has 0 aromatic heterocycles. The summed E-state index contributed by atoms with van der Waals surface area (Å²) in [5, 5.41) is 19.6. The molecular weight excluding hydrogens is 216 g/mol. The quantitative estimate of drug-likeness (QED) is 0.668. The van der Waals surface area contributed by atoms with Gasteiger partial charge in [-0.2, -0.15) is 0 Å². The Balaban J connectivity index is 1.99. The second-order valence-corrected chi connectivity index (χ2v) is 4.58. The Morgan fingerprint density at radius 3 is 2.62 bits per heavy atom. The zero-order valence-electron chi connectivity index (χ0n) is 9.62. The summed E-state index contributed by atoms with van der Waals surface area (Å²) >= 11 is 0. The average Bonchev–Trinajstić information content (AvgIpc) is 2.62. The summed E-state index contributed by atoms with van der Waals surface area (Å²) in [5.41, 5.74) is 0. The third-order valence-corrected chi connectivity index (χ3v) is 2.77. The van der Waals surface area contributed by atoms with Gasteiger partial charge < -0.3 is 29.2 Å². The summed E-state index contributed by atoms with van der Waals surface area (Å²) in [6.45, 7) is 3.61. The van der Waals surface area contributed by atoms with Crippen LogP contribution in [0.5, 0.6) is 0 Å². The number of methoxy groups -OCH3 is 1. The lowest BCUT2D eigenvalue weighted by Gasteiger charge is -2.25. The fourth-order valence-corrected chi connectivity index (χ4v) is 2.10. The highest BCUT2D eigenvalue weighted by Crippen LogP contribution is 2.38. The van der Waals surface area contributed by atoms with Crippen molar-refractivity contribution in [2.75, 3.05) is 13.7 Å². The number of hydrogen-bond acceptors (Lipinski definition) is 6. The van der Waals surface area contributed by atoms with Gasteiger partial charge in [-0.05, 0) is 13.8 Å². The molecule has 0 bridgehead atoms. The van der Waals surface area contributed by atoms with Gasteiger partial charge in [0.05, 0.1) is 6.61 Å². The first-order valence-corrected chi connectivity index (χ1v) is 5.31. The SMILES string of the molecule is COCC(O)[C@H]1O[C@@H]2OC(C)(C)O[C@@H]2[C@H]1O. The van der Waals surface area contributed by atoms with Crippen molar-refractivity contribution in [2.45, 2.75) is 50.3 Å². The van der Waals surface area contributed by atoms with Crippen molar-refractivity contribution in [1.82, 2.24) is 0 Å². The van der Waals surface area contributed by atoms with Crippen LogP contribution in [-0.4, -0.2) is 60.4 Å². The van der Waals surface area contributed by atoms with E-state index in [2.05, 4.69) is 0 Å². The molecule has 2 heterocycles. The molecule has 0 saturated carbocycles. The zero-order valence-corrected chi connectivity index (χ0v) is 9.62. The van der Waals surface area contributed by atoms with Gasteiger partial charge in [0.15, 0.2) is 12.1 Å². The van der Waals surface area contributed by atoms with Crippen LogP contribution in [0.3, 0.4) is 0 Å². The average molecular weight is 234 g/mol. The van der Waals surface area contributed by atoms with E-state index in [1.807, 2.05) is 0 Å². The molecule has 0 spiro atoms. The summed E-state index contributed by atoms with van der Waals surface area (Å²) in [6, 6.07) is 0. The van der Waals surface area contributed by atoms with Gasteiger partial charge in [0, 0.05) is 7.11 Å². The van der Waals surface area contributed by atoms with E-state index in [0.29, 0.717) is 0 Å². The number of rotatable bonds is 3. The molecule has 1 unspecified atom stereocenters. The lowest BCUT2D eigenvalue weighted by molar-refractivity contribution is -0.227. The van der Waals surface area contributed by atoms with Crippen molar-refractivity contribution >= 4 is 0 Å². The molecule has 2 saturated heterocycles. The molecule has 6 heteroatoms. The Morgan fingerprint density at radius 1 is 1.38 bits per heavy atom. The van der Waals surface area contributed by atoms with Crippen molar-refractivity contribution in [1.29, 1.82) is 0 Å². The molecule has 5 atom stereocenters. The smallest absolute Gasteiger partial charge is 0.190 e. The first kappa shape index (κ1) is 12.2. The topological polar surface area (TPSA) is 77.4 Å². The first-order valence-electron chi connectivity index (χ1n) is 5.31. The molecule has 94 valence electrons. The molecule has 0 amide bonds. The van der Waals surface area contributed by atoms with Crippen LogP contribution in [-0.2, 0) is 18.9 Å². The van der Waals surface area contributed by atoms with Gasteiger partial charge in [0.2, 0.25) is 0 Å². The predicted molar refractivity (Wildman–Crippen MR) is 52.6 cm³/mol. The molecule has 2 rings (SSSR count). The van der Waals surface area contributed by atoms with Gasteiger partial charge in [-0.1, -0.05) is 0 Å². The number of hydrogen-bond donors (Lipinski definition) is 2. The van der Waals surface area contributed by atoms with Crippen LogP contribution in [0.2, 0.25) is 0 Å². The molecule has 16 heavy (non-hydrogen) atoms. The van der Waals surface area contributed by atoms with Gasteiger partial charge in [-0.3, -0.25) is 0 Å². The Bertz CT molecular complexity index is 256. The van der Waals surface area contributed by atoms with E-state index in [0.717, 1.165) is 0 Å². The van der Waals surface area contributed by atoms with Crippen molar-refractivity contribution in [3.05, 3.63) is 0 Å². The fraction of sp³-hybridized carbons (Fsp3) is 1.00. The second-order valence-electron chi connectivity index (χ2n) is 4.58. The van der Waals surface area contributed by atoms with Gasteiger partial charge in [-0.25, -0.2) is 0 Å². The van der Waals surface area contributed by atoms with Crippen LogP contribution in [0.4, 0.5) is 0 Å². The van der Waals surface area contributed by atoms with E-state index >= 15 is 0 Å². The molecule has 0 aromatic rings. The van der Waals surface area contributed by atoms with E-state index in [-0.39, 0.29) is 6.61 Å². The van der Waals surface area contributed by atoms with Gasteiger partial charge in [0.25, 0.3) is 0 Å². The minimum Gasteiger partial charge on any atom is -0.388 e. The summed E-state index contributed by atoms with van der Waals surface area (Å²) < 4.78 is 21.2. The summed E-state index contributed by atoms with van der Waals surface area (Å²) in [6.07, 6.45) is -3.70. The number of aliphatic hydroxyl groups excluding tert-OH is 2. The maximum atomic E-state index is 9.94. The number of fused-ring (bicyclic) bond motifs is 1. The van der Waals surface area contributed by atoms with Crippen LogP contribution in [0.15, 0.2) is 0 Å². The Kier molecular flexibility index (Phi) is 3.22.